The Bertz CT molecular complexity index is 836. The first-order chi connectivity index (χ1) is 11.8. The van der Waals surface area contributed by atoms with Crippen molar-refractivity contribution in [3.05, 3.63) is 54.4 Å². The highest BCUT2D eigenvalue weighted by Crippen LogP contribution is 2.30. The number of benzene rings is 1. The van der Waals surface area contributed by atoms with Crippen LogP contribution in [0.4, 0.5) is 11.6 Å². The molecular weight excluding hydrogens is 300 g/mol. The number of aromatic nitrogens is 2. The molecule has 0 aliphatic carbocycles. The molecule has 4 rings (SSSR count). The number of nitrogens with zero attached hydrogens (tertiary/aromatic N) is 2. The third-order valence-electron chi connectivity index (χ3n) is 4.59. The Morgan fingerprint density at radius 3 is 3.04 bits per heavy atom. The number of methoxy groups -OCH3 is 1. The Labute approximate surface area is 141 Å². The van der Waals surface area contributed by atoms with Gasteiger partial charge in [0.05, 0.1) is 18.3 Å². The number of imidazole rings is 1. The maximum absolute atomic E-state index is 5.30. The Kier molecular flexibility index (Phi) is 4.09. The van der Waals surface area contributed by atoms with E-state index >= 15 is 0 Å². The van der Waals surface area contributed by atoms with E-state index in [-0.39, 0.29) is 0 Å². The fourth-order valence-corrected chi connectivity index (χ4v) is 3.37. The Morgan fingerprint density at radius 2 is 2.21 bits per heavy atom. The quantitative estimate of drug-likeness (QED) is 0.771. The zero-order chi connectivity index (χ0) is 16.4. The summed E-state index contributed by atoms with van der Waals surface area (Å²) >= 11 is 0. The summed E-state index contributed by atoms with van der Waals surface area (Å²) in [5.41, 5.74) is 3.32. The largest absolute Gasteiger partial charge is 0.497 e. The number of hydrogen-bond acceptors (Lipinski definition) is 4. The van der Waals surface area contributed by atoms with Crippen molar-refractivity contribution in [1.29, 1.82) is 0 Å². The summed E-state index contributed by atoms with van der Waals surface area (Å²) in [6.45, 7) is 2.11. The average Bonchev–Trinajstić information content (AvgIpc) is 3.01. The highest BCUT2D eigenvalue weighted by atomic mass is 16.5. The van der Waals surface area contributed by atoms with E-state index in [0.717, 1.165) is 30.5 Å². The van der Waals surface area contributed by atoms with E-state index < -0.39 is 0 Å². The summed E-state index contributed by atoms with van der Waals surface area (Å²) in [4.78, 5) is 4.93. The second-order valence-corrected chi connectivity index (χ2v) is 6.18. The van der Waals surface area contributed by atoms with Gasteiger partial charge in [0.25, 0.3) is 0 Å². The van der Waals surface area contributed by atoms with Crippen molar-refractivity contribution >= 4 is 17.2 Å². The predicted octanol–water partition coefficient (Wildman–Crippen LogP) is 3.55. The van der Waals surface area contributed by atoms with Gasteiger partial charge in [0, 0.05) is 30.4 Å². The number of anilines is 2. The summed E-state index contributed by atoms with van der Waals surface area (Å²) in [5, 5.41) is 6.92. The van der Waals surface area contributed by atoms with Crippen LogP contribution in [0.2, 0.25) is 0 Å². The first-order valence-corrected chi connectivity index (χ1v) is 8.44. The molecule has 1 saturated heterocycles. The third-order valence-corrected chi connectivity index (χ3v) is 4.59. The molecule has 0 amide bonds. The summed E-state index contributed by atoms with van der Waals surface area (Å²) in [7, 11) is 1.68. The van der Waals surface area contributed by atoms with Gasteiger partial charge in [-0.1, -0.05) is 12.1 Å². The van der Waals surface area contributed by atoms with Gasteiger partial charge in [-0.3, -0.25) is 4.40 Å². The van der Waals surface area contributed by atoms with Crippen molar-refractivity contribution in [3.8, 4) is 5.75 Å². The lowest BCUT2D eigenvalue weighted by Crippen LogP contribution is -2.28. The summed E-state index contributed by atoms with van der Waals surface area (Å²) in [5.74, 6) is 2.15. The van der Waals surface area contributed by atoms with Gasteiger partial charge in [0.1, 0.15) is 5.75 Å². The Balaban J connectivity index is 1.72. The van der Waals surface area contributed by atoms with Crippen LogP contribution < -0.4 is 15.4 Å². The van der Waals surface area contributed by atoms with E-state index in [0.29, 0.717) is 5.92 Å². The minimum Gasteiger partial charge on any atom is -0.497 e. The van der Waals surface area contributed by atoms with Crippen molar-refractivity contribution in [2.24, 2.45) is 0 Å². The van der Waals surface area contributed by atoms with Crippen LogP contribution in [-0.4, -0.2) is 29.6 Å². The Hall–Kier alpha value is -2.53. The molecule has 5 heteroatoms. The number of ether oxygens (including phenoxy) is 1. The van der Waals surface area contributed by atoms with Crippen molar-refractivity contribution in [3.63, 3.8) is 0 Å². The molecule has 24 heavy (non-hydrogen) atoms. The van der Waals surface area contributed by atoms with Gasteiger partial charge < -0.3 is 15.4 Å². The molecule has 2 aromatic heterocycles. The molecule has 1 aliphatic heterocycles. The van der Waals surface area contributed by atoms with Gasteiger partial charge in [-0.05, 0) is 43.7 Å². The van der Waals surface area contributed by atoms with Gasteiger partial charge in [-0.25, -0.2) is 4.98 Å². The summed E-state index contributed by atoms with van der Waals surface area (Å²) in [6.07, 6.45) is 4.45. The molecule has 1 aromatic carbocycles. The first kappa shape index (κ1) is 15.0. The molecule has 0 bridgehead atoms. The lowest BCUT2D eigenvalue weighted by atomic mass is 9.95. The topological polar surface area (TPSA) is 50.6 Å². The fraction of sp³-hybridized carbons (Fsp3) is 0.316. The Morgan fingerprint density at radius 1 is 1.25 bits per heavy atom. The maximum atomic E-state index is 5.30. The van der Waals surface area contributed by atoms with Crippen molar-refractivity contribution in [1.82, 2.24) is 14.7 Å². The average molecular weight is 322 g/mol. The van der Waals surface area contributed by atoms with Gasteiger partial charge in [0.15, 0.2) is 0 Å². The molecule has 0 spiro atoms. The van der Waals surface area contributed by atoms with Crippen LogP contribution in [0.5, 0.6) is 5.75 Å². The second-order valence-electron chi connectivity index (χ2n) is 6.18. The molecule has 5 nitrogen and oxygen atoms in total. The molecular formula is C19H22N4O. The second kappa shape index (κ2) is 6.53. The van der Waals surface area contributed by atoms with E-state index in [1.807, 2.05) is 30.3 Å². The third kappa shape index (κ3) is 2.83. The molecule has 0 saturated carbocycles. The van der Waals surface area contributed by atoms with Crippen molar-refractivity contribution in [2.75, 3.05) is 25.5 Å². The minimum atomic E-state index is 0.469. The molecule has 1 fully saturated rings. The zero-order valence-corrected chi connectivity index (χ0v) is 13.8. The smallest absolute Gasteiger partial charge is 0.212 e. The van der Waals surface area contributed by atoms with Gasteiger partial charge in [0.2, 0.25) is 5.95 Å². The fourth-order valence-electron chi connectivity index (χ4n) is 3.37. The van der Waals surface area contributed by atoms with Crippen LogP contribution in [0.15, 0.2) is 48.7 Å². The van der Waals surface area contributed by atoms with Crippen molar-refractivity contribution in [2.45, 2.75) is 18.8 Å². The van der Waals surface area contributed by atoms with Crippen LogP contribution in [0, 0.1) is 0 Å². The van der Waals surface area contributed by atoms with Gasteiger partial charge >= 0.3 is 0 Å². The SMILES string of the molecule is COc1cccc(Nc2nc([C@@H]3CCCNC3)c3ccccn23)c1. The van der Waals surface area contributed by atoms with Crippen LogP contribution in [-0.2, 0) is 0 Å². The van der Waals surface area contributed by atoms with Crippen LogP contribution in [0.1, 0.15) is 24.5 Å². The molecule has 0 radical (unpaired) electrons. The van der Waals surface area contributed by atoms with Crippen LogP contribution >= 0.6 is 0 Å². The molecule has 3 heterocycles. The molecule has 1 aliphatic rings. The van der Waals surface area contributed by atoms with Crippen LogP contribution in [0.3, 0.4) is 0 Å². The monoisotopic (exact) mass is 322 g/mol. The van der Waals surface area contributed by atoms with E-state index in [4.69, 9.17) is 9.72 Å². The van der Waals surface area contributed by atoms with Crippen LogP contribution in [0.25, 0.3) is 5.52 Å². The molecule has 124 valence electrons. The van der Waals surface area contributed by atoms with E-state index in [2.05, 4.69) is 33.4 Å². The maximum Gasteiger partial charge on any atom is 0.212 e. The number of pyridine rings is 1. The highest BCUT2D eigenvalue weighted by molar-refractivity contribution is 5.64. The van der Waals surface area contributed by atoms with Gasteiger partial charge in [-0.15, -0.1) is 0 Å². The van der Waals surface area contributed by atoms with E-state index in [9.17, 15) is 0 Å². The number of rotatable bonds is 4. The lowest BCUT2D eigenvalue weighted by molar-refractivity contribution is 0.415. The molecule has 2 N–H and O–H groups in total. The number of piperidine rings is 1. The summed E-state index contributed by atoms with van der Waals surface area (Å²) < 4.78 is 7.43. The number of fused-ring (bicyclic) bond motifs is 1. The van der Waals surface area contributed by atoms with Gasteiger partial charge in [-0.2, -0.15) is 0 Å². The number of hydrogen-bond donors (Lipinski definition) is 2. The predicted molar refractivity (Wildman–Crippen MR) is 96.3 cm³/mol. The number of nitrogens with one attached hydrogen (secondary N) is 2. The molecule has 0 unspecified atom stereocenters. The standard InChI is InChI=1S/C19H22N4O/c1-24-16-8-4-7-15(12-16)21-19-22-18(14-6-5-10-20-13-14)17-9-2-3-11-23(17)19/h2-4,7-9,11-12,14,20H,5-6,10,13H2,1H3,(H,21,22)/t14-/m1/s1. The lowest BCUT2D eigenvalue weighted by Gasteiger charge is -2.21. The van der Waals surface area contributed by atoms with Crippen molar-refractivity contribution < 1.29 is 4.74 Å². The van der Waals surface area contributed by atoms with E-state index in [1.54, 1.807) is 7.11 Å². The highest BCUT2D eigenvalue weighted by Gasteiger charge is 2.21. The normalized spacial score (nSPS) is 17.8. The molecule has 3 aromatic rings. The molecule has 1 atom stereocenters. The minimum absolute atomic E-state index is 0.469. The zero-order valence-electron chi connectivity index (χ0n) is 13.8. The first-order valence-electron chi connectivity index (χ1n) is 8.44. The van der Waals surface area contributed by atoms with E-state index in [1.165, 1.54) is 24.1 Å². The summed E-state index contributed by atoms with van der Waals surface area (Å²) in [6, 6.07) is 14.2.